The van der Waals surface area contributed by atoms with Crippen molar-refractivity contribution in [2.24, 2.45) is 0 Å². The van der Waals surface area contributed by atoms with Crippen LogP contribution in [-0.4, -0.2) is 34.5 Å². The molecule has 2 heterocycles. The van der Waals surface area contributed by atoms with Crippen molar-refractivity contribution < 1.29 is 14.7 Å². The molecule has 2 aromatic rings. The third kappa shape index (κ3) is 5.34. The number of halogens is 2. The highest BCUT2D eigenvalue weighted by Crippen LogP contribution is 2.25. The average Bonchev–Trinajstić information content (AvgIpc) is 3.20. The predicted octanol–water partition coefficient (Wildman–Crippen LogP) is 5.39. The molecule has 0 bridgehead atoms. The molecule has 1 aromatic carbocycles. The van der Waals surface area contributed by atoms with Gasteiger partial charge in [-0.05, 0) is 61.2 Å². The van der Waals surface area contributed by atoms with Crippen molar-refractivity contribution in [2.45, 2.75) is 31.7 Å². The topological polar surface area (TPSA) is 57.6 Å². The summed E-state index contributed by atoms with van der Waals surface area (Å²) < 4.78 is 0. The molecule has 0 aliphatic carbocycles. The van der Waals surface area contributed by atoms with Crippen LogP contribution in [0.3, 0.4) is 0 Å². The minimum absolute atomic E-state index is 0.169. The first-order chi connectivity index (χ1) is 12.9. The minimum Gasteiger partial charge on any atom is -0.477 e. The molecule has 1 fully saturated rings. The van der Waals surface area contributed by atoms with Gasteiger partial charge >= 0.3 is 5.97 Å². The van der Waals surface area contributed by atoms with Crippen LogP contribution in [0.2, 0.25) is 10.0 Å². The van der Waals surface area contributed by atoms with Crippen LogP contribution in [0.15, 0.2) is 36.4 Å². The summed E-state index contributed by atoms with van der Waals surface area (Å²) >= 11 is 13.3. The summed E-state index contributed by atoms with van der Waals surface area (Å²) in [6.07, 6.45) is 6.81. The number of carbonyl (C=O) groups excluding carboxylic acids is 1. The van der Waals surface area contributed by atoms with Crippen molar-refractivity contribution in [3.63, 3.8) is 0 Å². The normalized spacial score (nSPS) is 17.2. The first kappa shape index (κ1) is 19.9. The van der Waals surface area contributed by atoms with Gasteiger partial charge in [0.2, 0.25) is 5.91 Å². The molecule has 3 rings (SSSR count). The number of hydrogen-bond donors (Lipinski definition) is 1. The molecule has 7 heteroatoms. The third-order valence-corrected chi connectivity index (χ3v) is 6.02. The Morgan fingerprint density at radius 3 is 2.67 bits per heavy atom. The number of carbonyl (C=O) groups is 2. The Labute approximate surface area is 172 Å². The molecule has 1 aromatic heterocycles. The zero-order valence-electron chi connectivity index (χ0n) is 14.5. The van der Waals surface area contributed by atoms with Crippen LogP contribution in [0.25, 0.3) is 6.08 Å². The maximum absolute atomic E-state index is 12.2. The number of likely N-dealkylation sites (tertiary alicyclic amines) is 1. The zero-order valence-corrected chi connectivity index (χ0v) is 16.9. The minimum atomic E-state index is -0.909. The van der Waals surface area contributed by atoms with Gasteiger partial charge in [-0.1, -0.05) is 29.3 Å². The molecule has 1 amide bonds. The molecule has 1 atom stereocenters. The van der Waals surface area contributed by atoms with Gasteiger partial charge in [-0.3, -0.25) is 4.79 Å². The van der Waals surface area contributed by atoms with Crippen molar-refractivity contribution in [2.75, 3.05) is 6.54 Å². The largest absolute Gasteiger partial charge is 0.477 e. The molecule has 142 valence electrons. The summed E-state index contributed by atoms with van der Waals surface area (Å²) in [6.45, 7) is 0.635. The third-order valence-electron chi connectivity index (χ3n) is 4.54. The molecule has 0 spiro atoms. The molecular formula is C20H19Cl2NO3S. The highest BCUT2D eigenvalue weighted by Gasteiger charge is 2.29. The second kappa shape index (κ2) is 8.91. The van der Waals surface area contributed by atoms with E-state index in [1.165, 1.54) is 11.3 Å². The standard InChI is InChI=1S/C20H19Cl2NO3S/c21-14-10-13(11-15(22)12-14)8-9-23-16(4-7-19(23)24)2-1-3-17-5-6-18(27-17)20(25)26/h1,3,5-6,10-12,16H,2,4,7-9H2,(H,25,26). The van der Waals surface area contributed by atoms with Gasteiger partial charge in [0, 0.05) is 33.9 Å². The number of benzene rings is 1. The molecule has 27 heavy (non-hydrogen) atoms. The van der Waals surface area contributed by atoms with E-state index < -0.39 is 5.97 Å². The Kier molecular flexibility index (Phi) is 6.58. The number of hydrogen-bond acceptors (Lipinski definition) is 3. The maximum Gasteiger partial charge on any atom is 0.345 e. The number of aromatic carboxylic acids is 1. The van der Waals surface area contributed by atoms with Crippen LogP contribution in [0, 0.1) is 0 Å². The van der Waals surface area contributed by atoms with Crippen LogP contribution < -0.4 is 0 Å². The molecule has 0 saturated carbocycles. The summed E-state index contributed by atoms with van der Waals surface area (Å²) in [4.78, 5) is 26.3. The number of carboxylic acid groups (broad SMARTS) is 1. The summed E-state index contributed by atoms with van der Waals surface area (Å²) in [7, 11) is 0. The molecule has 0 radical (unpaired) electrons. The maximum atomic E-state index is 12.2. The van der Waals surface area contributed by atoms with Gasteiger partial charge < -0.3 is 10.0 Å². The number of nitrogens with zero attached hydrogens (tertiary/aromatic N) is 1. The summed E-state index contributed by atoms with van der Waals surface area (Å²) in [5, 5.41) is 10.2. The highest BCUT2D eigenvalue weighted by atomic mass is 35.5. The first-order valence-electron chi connectivity index (χ1n) is 8.66. The van der Waals surface area contributed by atoms with Crippen molar-refractivity contribution >= 4 is 52.5 Å². The molecule has 1 aliphatic heterocycles. The Bertz CT molecular complexity index is 858. The summed E-state index contributed by atoms with van der Waals surface area (Å²) in [5.74, 6) is -0.737. The first-order valence-corrected chi connectivity index (χ1v) is 10.2. The van der Waals surface area contributed by atoms with E-state index in [1.807, 2.05) is 29.2 Å². The number of amides is 1. The molecule has 1 unspecified atom stereocenters. The number of rotatable bonds is 7. The van der Waals surface area contributed by atoms with Crippen LogP contribution in [0.5, 0.6) is 0 Å². The second-order valence-corrected chi connectivity index (χ2v) is 8.44. The van der Waals surface area contributed by atoms with Crippen molar-refractivity contribution in [1.82, 2.24) is 4.90 Å². The van der Waals surface area contributed by atoms with E-state index >= 15 is 0 Å². The Morgan fingerprint density at radius 1 is 1.26 bits per heavy atom. The van der Waals surface area contributed by atoms with Crippen molar-refractivity contribution in [3.8, 4) is 0 Å². The molecule has 1 N–H and O–H groups in total. The Balaban J connectivity index is 1.58. The van der Waals surface area contributed by atoms with E-state index in [0.717, 1.165) is 23.3 Å². The lowest BCUT2D eigenvalue weighted by atomic mass is 10.1. The van der Waals surface area contributed by atoms with Crippen molar-refractivity contribution in [1.29, 1.82) is 0 Å². The van der Waals surface area contributed by atoms with Crippen molar-refractivity contribution in [3.05, 3.63) is 61.8 Å². The van der Waals surface area contributed by atoms with Gasteiger partial charge in [-0.25, -0.2) is 4.79 Å². The lowest BCUT2D eigenvalue weighted by Crippen LogP contribution is -2.34. The summed E-state index contributed by atoms with van der Waals surface area (Å²) in [5.41, 5.74) is 1.02. The van der Waals surface area contributed by atoms with E-state index in [4.69, 9.17) is 28.3 Å². The van der Waals surface area contributed by atoms with E-state index in [0.29, 0.717) is 34.3 Å². The van der Waals surface area contributed by atoms with Crippen LogP contribution >= 0.6 is 34.5 Å². The number of thiophene rings is 1. The van der Waals surface area contributed by atoms with Gasteiger partial charge in [0.25, 0.3) is 0 Å². The molecule has 1 saturated heterocycles. The molecule has 1 aliphatic rings. The van der Waals surface area contributed by atoms with Gasteiger partial charge in [0.05, 0.1) is 0 Å². The Hall–Kier alpha value is -1.82. The fraction of sp³-hybridized carbons (Fsp3) is 0.300. The smallest absolute Gasteiger partial charge is 0.345 e. The fourth-order valence-corrected chi connectivity index (χ4v) is 4.60. The lowest BCUT2D eigenvalue weighted by Gasteiger charge is -2.24. The number of carboxylic acids is 1. The molecule has 4 nitrogen and oxygen atoms in total. The van der Waals surface area contributed by atoms with Gasteiger partial charge in [0.1, 0.15) is 4.88 Å². The van der Waals surface area contributed by atoms with Gasteiger partial charge in [0.15, 0.2) is 0 Å². The lowest BCUT2D eigenvalue weighted by molar-refractivity contribution is -0.128. The zero-order chi connectivity index (χ0) is 19.4. The van der Waals surface area contributed by atoms with E-state index in [2.05, 4.69) is 0 Å². The van der Waals surface area contributed by atoms with Gasteiger partial charge in [-0.2, -0.15) is 0 Å². The quantitative estimate of drug-likeness (QED) is 0.649. The second-order valence-electron chi connectivity index (χ2n) is 6.45. The molecular weight excluding hydrogens is 405 g/mol. The fourth-order valence-electron chi connectivity index (χ4n) is 3.25. The van der Waals surface area contributed by atoms with E-state index in [9.17, 15) is 9.59 Å². The van der Waals surface area contributed by atoms with E-state index in [-0.39, 0.29) is 11.9 Å². The monoisotopic (exact) mass is 423 g/mol. The van der Waals surface area contributed by atoms with Gasteiger partial charge in [-0.15, -0.1) is 11.3 Å². The average molecular weight is 424 g/mol. The van der Waals surface area contributed by atoms with Crippen LogP contribution in [-0.2, 0) is 11.2 Å². The van der Waals surface area contributed by atoms with Crippen LogP contribution in [0.1, 0.15) is 39.4 Å². The SMILES string of the molecule is O=C(O)c1ccc(C=CCC2CCC(=O)N2CCc2cc(Cl)cc(Cl)c2)s1. The van der Waals surface area contributed by atoms with E-state index in [1.54, 1.807) is 18.2 Å². The summed E-state index contributed by atoms with van der Waals surface area (Å²) in [6, 6.07) is 9.02. The van der Waals surface area contributed by atoms with Crippen LogP contribution in [0.4, 0.5) is 0 Å². The predicted molar refractivity (Wildman–Crippen MR) is 110 cm³/mol. The highest BCUT2D eigenvalue weighted by molar-refractivity contribution is 7.14. The Morgan fingerprint density at radius 2 is 2.00 bits per heavy atom.